The Balaban J connectivity index is 2.18. The Morgan fingerprint density at radius 1 is 1.38 bits per heavy atom. The molecule has 3 nitrogen and oxygen atoms in total. The molecule has 0 aliphatic rings. The molecule has 0 atom stereocenters. The van der Waals surface area contributed by atoms with Crippen molar-refractivity contribution in [3.05, 3.63) is 41.4 Å². The highest BCUT2D eigenvalue weighted by molar-refractivity contribution is 6.30. The number of halogens is 1. The highest BCUT2D eigenvalue weighted by Crippen LogP contribution is 2.13. The molecule has 1 aromatic carbocycles. The molecular formula is C12H14ClN3. The van der Waals surface area contributed by atoms with E-state index in [1.807, 2.05) is 24.3 Å². The topological polar surface area (TPSA) is 30.7 Å². The van der Waals surface area contributed by atoms with Crippen molar-refractivity contribution in [2.24, 2.45) is 0 Å². The summed E-state index contributed by atoms with van der Waals surface area (Å²) in [4.78, 5) is 4.27. The van der Waals surface area contributed by atoms with Crippen LogP contribution in [0.5, 0.6) is 0 Å². The quantitative estimate of drug-likeness (QED) is 0.815. The van der Waals surface area contributed by atoms with Gasteiger partial charge in [-0.1, -0.05) is 31.0 Å². The van der Waals surface area contributed by atoms with Crippen molar-refractivity contribution in [1.29, 1.82) is 0 Å². The van der Waals surface area contributed by atoms with Gasteiger partial charge in [-0.25, -0.2) is 9.67 Å². The SMILES string of the molecule is CCCCc1ncn(-c2cccc(Cl)c2)n1. The minimum absolute atomic E-state index is 0.711. The van der Waals surface area contributed by atoms with Crippen molar-refractivity contribution in [3.8, 4) is 5.69 Å². The number of benzene rings is 1. The molecule has 16 heavy (non-hydrogen) atoms. The zero-order valence-electron chi connectivity index (χ0n) is 9.23. The van der Waals surface area contributed by atoms with E-state index < -0.39 is 0 Å². The summed E-state index contributed by atoms with van der Waals surface area (Å²) in [5.41, 5.74) is 0.947. The monoisotopic (exact) mass is 235 g/mol. The van der Waals surface area contributed by atoms with Crippen LogP contribution >= 0.6 is 11.6 Å². The van der Waals surface area contributed by atoms with Gasteiger partial charge >= 0.3 is 0 Å². The molecule has 84 valence electrons. The van der Waals surface area contributed by atoms with Crippen LogP contribution in [0.25, 0.3) is 5.69 Å². The highest BCUT2D eigenvalue weighted by Gasteiger charge is 2.02. The third kappa shape index (κ3) is 2.61. The number of hydrogen-bond donors (Lipinski definition) is 0. The Kier molecular flexibility index (Phi) is 3.57. The second-order valence-electron chi connectivity index (χ2n) is 3.69. The molecule has 0 amide bonds. The Labute approximate surface area is 100 Å². The maximum Gasteiger partial charge on any atom is 0.151 e. The van der Waals surface area contributed by atoms with Crippen molar-refractivity contribution in [2.75, 3.05) is 0 Å². The molecule has 0 saturated carbocycles. The number of hydrogen-bond acceptors (Lipinski definition) is 2. The maximum atomic E-state index is 5.92. The van der Waals surface area contributed by atoms with Crippen LogP contribution in [0.2, 0.25) is 5.02 Å². The van der Waals surface area contributed by atoms with Gasteiger partial charge in [-0.05, 0) is 24.6 Å². The van der Waals surface area contributed by atoms with E-state index in [1.165, 1.54) is 0 Å². The normalized spacial score (nSPS) is 10.6. The van der Waals surface area contributed by atoms with E-state index >= 15 is 0 Å². The van der Waals surface area contributed by atoms with Gasteiger partial charge in [0, 0.05) is 11.4 Å². The van der Waals surface area contributed by atoms with Gasteiger partial charge in [-0.15, -0.1) is 0 Å². The van der Waals surface area contributed by atoms with Crippen molar-refractivity contribution in [1.82, 2.24) is 14.8 Å². The molecule has 2 rings (SSSR count). The summed E-state index contributed by atoms with van der Waals surface area (Å²) in [6.45, 7) is 2.16. The van der Waals surface area contributed by atoms with E-state index in [9.17, 15) is 0 Å². The molecule has 0 saturated heterocycles. The van der Waals surface area contributed by atoms with Gasteiger partial charge in [0.25, 0.3) is 0 Å². The number of rotatable bonds is 4. The predicted octanol–water partition coefficient (Wildman–Crippen LogP) is 3.26. The van der Waals surface area contributed by atoms with Crippen LogP contribution in [0, 0.1) is 0 Å². The second-order valence-corrected chi connectivity index (χ2v) is 4.13. The smallest absolute Gasteiger partial charge is 0.151 e. The molecule has 1 heterocycles. The van der Waals surface area contributed by atoms with E-state index in [4.69, 9.17) is 11.6 Å². The van der Waals surface area contributed by atoms with Crippen LogP contribution in [-0.4, -0.2) is 14.8 Å². The van der Waals surface area contributed by atoms with Gasteiger partial charge in [0.2, 0.25) is 0 Å². The summed E-state index contributed by atoms with van der Waals surface area (Å²) >= 11 is 5.92. The fourth-order valence-electron chi connectivity index (χ4n) is 1.49. The summed E-state index contributed by atoms with van der Waals surface area (Å²) < 4.78 is 1.76. The van der Waals surface area contributed by atoms with Crippen LogP contribution in [0.1, 0.15) is 25.6 Å². The second kappa shape index (κ2) is 5.12. The van der Waals surface area contributed by atoms with E-state index in [2.05, 4.69) is 17.0 Å². The van der Waals surface area contributed by atoms with Crippen molar-refractivity contribution in [3.63, 3.8) is 0 Å². The molecule has 1 aromatic heterocycles. The standard InChI is InChI=1S/C12H14ClN3/c1-2-3-7-12-14-9-16(15-12)11-6-4-5-10(13)8-11/h4-6,8-9H,2-3,7H2,1H3. The number of aromatic nitrogens is 3. The summed E-state index contributed by atoms with van der Waals surface area (Å²) in [7, 11) is 0. The summed E-state index contributed by atoms with van der Waals surface area (Å²) in [6.07, 6.45) is 4.95. The minimum atomic E-state index is 0.711. The lowest BCUT2D eigenvalue weighted by Gasteiger charge is -1.99. The van der Waals surface area contributed by atoms with Gasteiger partial charge < -0.3 is 0 Å². The molecule has 0 bridgehead atoms. The first-order chi connectivity index (χ1) is 7.79. The average molecular weight is 236 g/mol. The van der Waals surface area contributed by atoms with E-state index in [0.29, 0.717) is 5.02 Å². The highest BCUT2D eigenvalue weighted by atomic mass is 35.5. The largest absolute Gasteiger partial charge is 0.221 e. The van der Waals surface area contributed by atoms with Crippen LogP contribution < -0.4 is 0 Å². The van der Waals surface area contributed by atoms with Crippen LogP contribution in [0.15, 0.2) is 30.6 Å². The summed E-state index contributed by atoms with van der Waals surface area (Å²) in [5, 5.41) is 5.12. The Morgan fingerprint density at radius 3 is 3.00 bits per heavy atom. The molecule has 0 aliphatic carbocycles. The summed E-state index contributed by atoms with van der Waals surface area (Å²) in [5.74, 6) is 0.891. The van der Waals surface area contributed by atoms with Gasteiger partial charge in [-0.3, -0.25) is 0 Å². The molecular weight excluding hydrogens is 222 g/mol. The van der Waals surface area contributed by atoms with Crippen molar-refractivity contribution in [2.45, 2.75) is 26.2 Å². The van der Waals surface area contributed by atoms with E-state index in [0.717, 1.165) is 30.8 Å². The van der Waals surface area contributed by atoms with E-state index in [1.54, 1.807) is 11.0 Å². The Bertz CT molecular complexity index is 465. The van der Waals surface area contributed by atoms with E-state index in [-0.39, 0.29) is 0 Å². The third-order valence-corrected chi connectivity index (χ3v) is 2.60. The number of aryl methyl sites for hydroxylation is 1. The van der Waals surface area contributed by atoms with Crippen LogP contribution in [-0.2, 0) is 6.42 Å². The zero-order valence-corrected chi connectivity index (χ0v) is 9.98. The maximum absolute atomic E-state index is 5.92. The van der Waals surface area contributed by atoms with Crippen LogP contribution in [0.4, 0.5) is 0 Å². The molecule has 0 unspecified atom stereocenters. The van der Waals surface area contributed by atoms with Crippen molar-refractivity contribution >= 4 is 11.6 Å². The molecule has 4 heteroatoms. The van der Waals surface area contributed by atoms with Gasteiger partial charge in [-0.2, -0.15) is 5.10 Å². The molecule has 0 aliphatic heterocycles. The van der Waals surface area contributed by atoms with Crippen molar-refractivity contribution < 1.29 is 0 Å². The average Bonchev–Trinajstić information content (AvgIpc) is 2.75. The first-order valence-electron chi connectivity index (χ1n) is 5.46. The third-order valence-electron chi connectivity index (χ3n) is 2.37. The van der Waals surface area contributed by atoms with Gasteiger partial charge in [0.15, 0.2) is 5.82 Å². The molecule has 0 radical (unpaired) electrons. The fraction of sp³-hybridized carbons (Fsp3) is 0.333. The summed E-state index contributed by atoms with van der Waals surface area (Å²) in [6, 6.07) is 7.59. The van der Waals surface area contributed by atoms with Gasteiger partial charge in [0.05, 0.1) is 5.69 Å². The lowest BCUT2D eigenvalue weighted by Crippen LogP contribution is -1.96. The number of unbranched alkanes of at least 4 members (excludes halogenated alkanes) is 1. The molecule has 2 aromatic rings. The molecule has 0 N–H and O–H groups in total. The Hall–Kier alpha value is -1.35. The first kappa shape index (κ1) is 11.1. The predicted molar refractivity (Wildman–Crippen MR) is 65.0 cm³/mol. The first-order valence-corrected chi connectivity index (χ1v) is 5.84. The van der Waals surface area contributed by atoms with Crippen LogP contribution in [0.3, 0.4) is 0 Å². The molecule has 0 spiro atoms. The zero-order chi connectivity index (χ0) is 11.4. The van der Waals surface area contributed by atoms with Gasteiger partial charge in [0.1, 0.15) is 6.33 Å². The minimum Gasteiger partial charge on any atom is -0.221 e. The Morgan fingerprint density at radius 2 is 2.25 bits per heavy atom. The fourth-order valence-corrected chi connectivity index (χ4v) is 1.67. The number of nitrogens with zero attached hydrogens (tertiary/aromatic N) is 3. The lowest BCUT2D eigenvalue weighted by atomic mass is 10.2. The lowest BCUT2D eigenvalue weighted by molar-refractivity contribution is 0.742. The molecule has 0 fully saturated rings.